The summed E-state index contributed by atoms with van der Waals surface area (Å²) in [6, 6.07) is 13.6. The molecule has 0 bridgehead atoms. The standard InChI is InChI=1S/C17H14N2O2S/c20-16(9-8-14-7-4-10-22-14)18-12-17-19-11-15(21-17)13-5-2-1-3-6-13/h1-11H,12H2,(H,18,20)/b9-8-. The molecule has 2 heterocycles. The van der Waals surface area contributed by atoms with Gasteiger partial charge in [0.15, 0.2) is 5.76 Å². The van der Waals surface area contributed by atoms with Crippen molar-refractivity contribution in [3.63, 3.8) is 0 Å². The van der Waals surface area contributed by atoms with Gasteiger partial charge >= 0.3 is 0 Å². The fraction of sp³-hybridized carbons (Fsp3) is 0.0588. The first-order valence-corrected chi connectivity index (χ1v) is 7.69. The average molecular weight is 310 g/mol. The van der Waals surface area contributed by atoms with Crippen molar-refractivity contribution < 1.29 is 9.21 Å². The van der Waals surface area contributed by atoms with E-state index in [1.54, 1.807) is 23.6 Å². The molecule has 0 saturated carbocycles. The minimum atomic E-state index is -0.173. The molecule has 0 atom stereocenters. The van der Waals surface area contributed by atoms with Gasteiger partial charge in [-0.25, -0.2) is 4.98 Å². The maximum atomic E-state index is 11.7. The van der Waals surface area contributed by atoms with E-state index >= 15 is 0 Å². The molecule has 5 heteroatoms. The van der Waals surface area contributed by atoms with Crippen LogP contribution in [0.2, 0.25) is 0 Å². The van der Waals surface area contributed by atoms with Gasteiger partial charge in [-0.3, -0.25) is 4.79 Å². The van der Waals surface area contributed by atoms with E-state index in [1.807, 2.05) is 47.8 Å². The van der Waals surface area contributed by atoms with Crippen LogP contribution >= 0.6 is 11.3 Å². The maximum Gasteiger partial charge on any atom is 0.244 e. The Morgan fingerprint density at radius 2 is 2.09 bits per heavy atom. The smallest absolute Gasteiger partial charge is 0.244 e. The molecule has 0 fully saturated rings. The van der Waals surface area contributed by atoms with Gasteiger partial charge in [0.2, 0.25) is 11.8 Å². The van der Waals surface area contributed by atoms with Crippen LogP contribution in [-0.2, 0) is 11.3 Å². The maximum absolute atomic E-state index is 11.7. The van der Waals surface area contributed by atoms with E-state index in [0.717, 1.165) is 10.4 Å². The Labute approximate surface area is 132 Å². The van der Waals surface area contributed by atoms with Crippen LogP contribution in [0.1, 0.15) is 10.8 Å². The molecule has 0 spiro atoms. The molecule has 0 saturated heterocycles. The number of nitrogens with one attached hydrogen (secondary N) is 1. The van der Waals surface area contributed by atoms with E-state index in [-0.39, 0.29) is 12.5 Å². The van der Waals surface area contributed by atoms with Gasteiger partial charge in [0.1, 0.15) is 0 Å². The molecule has 3 aromatic rings. The largest absolute Gasteiger partial charge is 0.439 e. The minimum absolute atomic E-state index is 0.173. The summed E-state index contributed by atoms with van der Waals surface area (Å²) >= 11 is 1.58. The molecule has 0 radical (unpaired) electrons. The summed E-state index contributed by atoms with van der Waals surface area (Å²) in [5.41, 5.74) is 0.963. The summed E-state index contributed by atoms with van der Waals surface area (Å²) in [6.07, 6.45) is 4.95. The number of carbonyl (C=O) groups excluding carboxylic acids is 1. The number of carbonyl (C=O) groups is 1. The first-order chi connectivity index (χ1) is 10.8. The number of rotatable bonds is 5. The highest BCUT2D eigenvalue weighted by atomic mass is 32.1. The van der Waals surface area contributed by atoms with Gasteiger partial charge in [-0.2, -0.15) is 0 Å². The lowest BCUT2D eigenvalue weighted by molar-refractivity contribution is -0.116. The van der Waals surface area contributed by atoms with Crippen LogP contribution in [-0.4, -0.2) is 10.9 Å². The second-order valence-corrected chi connectivity index (χ2v) is 5.53. The average Bonchev–Trinajstić information content (AvgIpc) is 3.23. The zero-order valence-electron chi connectivity index (χ0n) is 11.7. The summed E-state index contributed by atoms with van der Waals surface area (Å²) in [4.78, 5) is 16.9. The van der Waals surface area contributed by atoms with E-state index in [4.69, 9.17) is 4.42 Å². The third-order valence-corrected chi connectivity index (χ3v) is 3.81. The van der Waals surface area contributed by atoms with Crippen molar-refractivity contribution in [2.45, 2.75) is 6.54 Å². The number of thiophene rings is 1. The van der Waals surface area contributed by atoms with Crippen molar-refractivity contribution in [3.8, 4) is 11.3 Å². The van der Waals surface area contributed by atoms with E-state index in [0.29, 0.717) is 11.7 Å². The monoisotopic (exact) mass is 310 g/mol. The fourth-order valence-electron chi connectivity index (χ4n) is 1.89. The fourth-order valence-corrected chi connectivity index (χ4v) is 2.51. The second kappa shape index (κ2) is 6.87. The molecule has 0 unspecified atom stereocenters. The van der Waals surface area contributed by atoms with Gasteiger partial charge in [-0.1, -0.05) is 36.4 Å². The second-order valence-electron chi connectivity index (χ2n) is 4.55. The first kappa shape index (κ1) is 14.3. The predicted molar refractivity (Wildman–Crippen MR) is 87.1 cm³/mol. The lowest BCUT2D eigenvalue weighted by Gasteiger charge is -1.98. The molecule has 1 aromatic carbocycles. The van der Waals surface area contributed by atoms with Crippen molar-refractivity contribution in [3.05, 3.63) is 70.9 Å². The predicted octanol–water partition coefficient (Wildman–Crippen LogP) is 3.73. The SMILES string of the molecule is O=C(/C=C\c1cccs1)NCc1ncc(-c2ccccc2)o1. The molecular formula is C17H14N2O2S. The van der Waals surface area contributed by atoms with Crippen LogP contribution in [0.3, 0.4) is 0 Å². The number of amides is 1. The Bertz CT molecular complexity index is 761. The molecule has 0 aliphatic carbocycles. The van der Waals surface area contributed by atoms with Gasteiger partial charge < -0.3 is 9.73 Å². The van der Waals surface area contributed by atoms with Gasteiger partial charge in [-0.05, 0) is 17.5 Å². The summed E-state index contributed by atoms with van der Waals surface area (Å²) in [5.74, 6) is 1.00. The highest BCUT2D eigenvalue weighted by molar-refractivity contribution is 7.10. The van der Waals surface area contributed by atoms with Crippen LogP contribution in [0, 0.1) is 0 Å². The Hall–Kier alpha value is -2.66. The Balaban J connectivity index is 1.56. The van der Waals surface area contributed by atoms with Crippen LogP contribution in [0.15, 0.2) is 64.5 Å². The molecule has 1 N–H and O–H groups in total. The minimum Gasteiger partial charge on any atom is -0.439 e. The normalized spacial score (nSPS) is 10.9. The van der Waals surface area contributed by atoms with Gasteiger partial charge in [0.05, 0.1) is 12.7 Å². The van der Waals surface area contributed by atoms with Gasteiger partial charge in [0.25, 0.3) is 0 Å². The van der Waals surface area contributed by atoms with Crippen molar-refractivity contribution in [2.75, 3.05) is 0 Å². The van der Waals surface area contributed by atoms with Crippen LogP contribution in [0.5, 0.6) is 0 Å². The Morgan fingerprint density at radius 3 is 2.86 bits per heavy atom. The lowest BCUT2D eigenvalue weighted by atomic mass is 10.2. The highest BCUT2D eigenvalue weighted by Crippen LogP contribution is 2.19. The highest BCUT2D eigenvalue weighted by Gasteiger charge is 2.06. The third kappa shape index (κ3) is 3.71. The Morgan fingerprint density at radius 1 is 1.23 bits per heavy atom. The van der Waals surface area contributed by atoms with Crippen molar-refractivity contribution in [1.82, 2.24) is 10.3 Å². The molecule has 110 valence electrons. The van der Waals surface area contributed by atoms with Crippen LogP contribution in [0.4, 0.5) is 0 Å². The zero-order valence-corrected chi connectivity index (χ0v) is 12.5. The van der Waals surface area contributed by atoms with Crippen molar-refractivity contribution in [1.29, 1.82) is 0 Å². The topological polar surface area (TPSA) is 55.1 Å². The molecular weight excluding hydrogens is 296 g/mol. The number of oxazole rings is 1. The van der Waals surface area contributed by atoms with Gasteiger partial charge in [0, 0.05) is 16.5 Å². The molecule has 3 rings (SSSR count). The number of nitrogens with zero attached hydrogens (tertiary/aromatic N) is 1. The van der Waals surface area contributed by atoms with E-state index in [1.165, 1.54) is 6.08 Å². The lowest BCUT2D eigenvalue weighted by Crippen LogP contribution is -2.20. The summed E-state index contributed by atoms with van der Waals surface area (Å²) in [6.45, 7) is 0.264. The third-order valence-electron chi connectivity index (χ3n) is 2.97. The van der Waals surface area contributed by atoms with E-state index in [2.05, 4.69) is 10.3 Å². The number of benzene rings is 1. The number of hydrogen-bond donors (Lipinski definition) is 1. The van der Waals surface area contributed by atoms with Crippen molar-refractivity contribution >= 4 is 23.3 Å². The molecule has 22 heavy (non-hydrogen) atoms. The summed E-state index contributed by atoms with van der Waals surface area (Å²) < 4.78 is 5.62. The zero-order chi connectivity index (χ0) is 15.2. The molecule has 1 amide bonds. The first-order valence-electron chi connectivity index (χ1n) is 6.81. The molecule has 0 aliphatic rings. The summed E-state index contributed by atoms with van der Waals surface area (Å²) in [7, 11) is 0. The Kier molecular flexibility index (Phi) is 4.46. The molecule has 4 nitrogen and oxygen atoms in total. The van der Waals surface area contributed by atoms with Gasteiger partial charge in [-0.15, -0.1) is 11.3 Å². The summed E-state index contributed by atoms with van der Waals surface area (Å²) in [5, 5.41) is 4.72. The van der Waals surface area contributed by atoms with E-state index in [9.17, 15) is 4.79 Å². The number of aromatic nitrogens is 1. The number of hydrogen-bond acceptors (Lipinski definition) is 4. The van der Waals surface area contributed by atoms with Crippen LogP contribution in [0.25, 0.3) is 17.4 Å². The van der Waals surface area contributed by atoms with Crippen molar-refractivity contribution in [2.24, 2.45) is 0 Å². The van der Waals surface area contributed by atoms with Crippen LogP contribution < -0.4 is 5.32 Å². The molecule has 2 aromatic heterocycles. The van der Waals surface area contributed by atoms with E-state index < -0.39 is 0 Å². The molecule has 0 aliphatic heterocycles. The quantitative estimate of drug-likeness (QED) is 0.731.